The number of benzene rings is 5. The molecule has 0 radical (unpaired) electrons. The predicted molar refractivity (Wildman–Crippen MR) is 418 cm³/mol. The Bertz CT molecular complexity index is 6030. The second kappa shape index (κ2) is 30.9. The van der Waals surface area contributed by atoms with Gasteiger partial charge >= 0.3 is 12.1 Å². The van der Waals surface area contributed by atoms with Gasteiger partial charge in [0, 0.05) is 96.3 Å². The van der Waals surface area contributed by atoms with Crippen LogP contribution in [0.5, 0.6) is 23.0 Å². The van der Waals surface area contributed by atoms with Crippen LogP contribution in [0.2, 0.25) is 5.02 Å². The molecular formula is C83H66Cl2FN15O18. The van der Waals surface area contributed by atoms with Crippen LogP contribution in [0.4, 0.5) is 14.0 Å². The summed E-state index contributed by atoms with van der Waals surface area (Å²) < 4.78 is 45.9. The number of fused-ring (bicyclic) bond motifs is 7. The number of nitrogens with one attached hydrogen (secondary N) is 6. The first-order valence-electron chi connectivity index (χ1n) is 36.6. The number of carbonyl (C=O) groups excluding carboxylic acids is 12. The molecule has 14 amide bonds. The second-order valence-electron chi connectivity index (χ2n) is 29.0. The number of pyridine rings is 3. The lowest BCUT2D eigenvalue weighted by Gasteiger charge is -2.30. The molecule has 8 aliphatic rings. The zero-order valence-electron chi connectivity index (χ0n) is 63.2. The van der Waals surface area contributed by atoms with E-state index in [0.29, 0.717) is 85.5 Å². The number of imide groups is 4. The quantitative estimate of drug-likeness (QED) is 0.0378. The van der Waals surface area contributed by atoms with E-state index in [-0.39, 0.29) is 104 Å². The first-order valence-corrected chi connectivity index (χ1v) is 37.4. The Balaban J connectivity index is 0.000000119. The summed E-state index contributed by atoms with van der Waals surface area (Å²) in [6, 6.07) is 37.0. The maximum absolute atomic E-state index is 13.5. The summed E-state index contributed by atoms with van der Waals surface area (Å²) in [6.07, 6.45) is 7.99. The lowest BCUT2D eigenvalue weighted by molar-refractivity contribution is -0.128. The number of para-hydroxylation sites is 1. The topological polar surface area (TPSA) is 418 Å². The largest absolute Gasteiger partial charge is 0.497 e. The summed E-state index contributed by atoms with van der Waals surface area (Å²) >= 11 is 12.7. The molecule has 602 valence electrons. The number of carbonyl (C=O) groups is 12. The first-order chi connectivity index (χ1) is 57.2. The smallest absolute Gasteiger partial charge is 0.322 e. The van der Waals surface area contributed by atoms with Crippen molar-refractivity contribution >= 4 is 134 Å². The first kappa shape index (κ1) is 78.4. The molecule has 4 saturated heterocycles. The molecule has 4 atom stereocenters. The predicted octanol–water partition coefficient (Wildman–Crippen LogP) is 7.58. The van der Waals surface area contributed by atoms with Crippen molar-refractivity contribution in [1.82, 2.24) is 76.4 Å². The van der Waals surface area contributed by atoms with Crippen LogP contribution in [0.3, 0.4) is 0 Å². The van der Waals surface area contributed by atoms with Gasteiger partial charge in [0.25, 0.3) is 35.4 Å². The average Bonchev–Trinajstić information content (AvgIpc) is 1.60. The van der Waals surface area contributed by atoms with Crippen molar-refractivity contribution in [3.63, 3.8) is 0 Å². The van der Waals surface area contributed by atoms with Gasteiger partial charge in [0.2, 0.25) is 35.1 Å². The van der Waals surface area contributed by atoms with E-state index in [0.717, 1.165) is 39.4 Å². The number of hydrogen-bond donors (Lipinski definition) is 6. The number of aromatic nitrogens is 5. The van der Waals surface area contributed by atoms with Crippen LogP contribution in [0.25, 0.3) is 39.2 Å². The summed E-state index contributed by atoms with van der Waals surface area (Å²) in [5, 5.41) is 16.8. The van der Waals surface area contributed by atoms with Crippen LogP contribution < -0.4 is 50.8 Å². The third-order valence-corrected chi connectivity index (χ3v) is 22.3. The Morgan fingerprint density at radius 1 is 0.479 bits per heavy atom. The molecule has 0 aliphatic carbocycles. The number of halogens is 3. The van der Waals surface area contributed by atoms with E-state index < -0.39 is 75.2 Å². The van der Waals surface area contributed by atoms with Gasteiger partial charge in [-0.1, -0.05) is 71.7 Å². The molecule has 5 aromatic carbocycles. The molecule has 8 aliphatic heterocycles. The maximum Gasteiger partial charge on any atom is 0.322 e. The van der Waals surface area contributed by atoms with Crippen LogP contribution in [0.15, 0.2) is 178 Å². The van der Waals surface area contributed by atoms with Gasteiger partial charge in [0.05, 0.1) is 93.7 Å². The molecule has 6 aromatic heterocycles. The fourth-order valence-electron chi connectivity index (χ4n) is 15.6. The van der Waals surface area contributed by atoms with Gasteiger partial charge in [0.1, 0.15) is 51.2 Å². The lowest BCUT2D eigenvalue weighted by atomic mass is 9.82. The van der Waals surface area contributed by atoms with Gasteiger partial charge in [-0.25, -0.2) is 28.9 Å². The zero-order valence-corrected chi connectivity index (χ0v) is 64.8. The van der Waals surface area contributed by atoms with E-state index >= 15 is 0 Å². The maximum atomic E-state index is 13.5. The third-order valence-electron chi connectivity index (χ3n) is 21.7. The summed E-state index contributed by atoms with van der Waals surface area (Å²) in [6.45, 7) is 0.948. The minimum absolute atomic E-state index is 0.00600. The minimum Gasteiger partial charge on any atom is -0.497 e. The van der Waals surface area contributed by atoms with Gasteiger partial charge in [-0.15, -0.1) is 0 Å². The van der Waals surface area contributed by atoms with Crippen LogP contribution in [0, 0.1) is 5.82 Å². The Morgan fingerprint density at radius 2 is 0.941 bits per heavy atom. The van der Waals surface area contributed by atoms with Crippen LogP contribution >= 0.6 is 23.2 Å². The number of amides is 14. The third kappa shape index (κ3) is 14.5. The molecule has 36 heteroatoms. The van der Waals surface area contributed by atoms with Gasteiger partial charge in [-0.05, 0) is 113 Å². The van der Waals surface area contributed by atoms with E-state index in [1.54, 1.807) is 77.7 Å². The summed E-state index contributed by atoms with van der Waals surface area (Å²) in [7, 11) is 6.10. The Hall–Kier alpha value is -14.5. The van der Waals surface area contributed by atoms with Crippen LogP contribution in [0.1, 0.15) is 99.4 Å². The highest BCUT2D eigenvalue weighted by atomic mass is 35.5. The summed E-state index contributed by atoms with van der Waals surface area (Å²) in [5.41, 5.74) is 1.42. The number of furan rings is 2. The molecule has 4 fully saturated rings. The van der Waals surface area contributed by atoms with Crippen molar-refractivity contribution in [2.75, 3.05) is 54.6 Å². The molecule has 6 N–H and O–H groups in total. The van der Waals surface area contributed by atoms with Crippen LogP contribution in [-0.2, 0) is 71.3 Å². The van der Waals surface area contributed by atoms with E-state index in [4.69, 9.17) is 51.0 Å². The van der Waals surface area contributed by atoms with Gasteiger partial charge in [-0.3, -0.25) is 79.2 Å². The minimum atomic E-state index is -1.63. The molecule has 11 aromatic rings. The number of nitrogens with zero attached hydrogens (tertiary/aromatic N) is 9. The van der Waals surface area contributed by atoms with E-state index in [1.807, 2.05) is 48.5 Å². The zero-order chi connectivity index (χ0) is 83.6. The van der Waals surface area contributed by atoms with Crippen molar-refractivity contribution in [2.24, 2.45) is 0 Å². The highest BCUT2D eigenvalue weighted by molar-refractivity contribution is 6.36. The van der Waals surface area contributed by atoms with E-state index in [1.165, 1.54) is 86.1 Å². The molecule has 0 saturated carbocycles. The van der Waals surface area contributed by atoms with E-state index in [2.05, 4.69) is 56.8 Å². The fraction of sp³-hybridized carbons (Fsp3) is 0.217. The molecule has 119 heavy (non-hydrogen) atoms. The summed E-state index contributed by atoms with van der Waals surface area (Å²) in [5.74, 6) is -1.99. The number of rotatable bonds is 17. The highest BCUT2D eigenvalue weighted by Crippen LogP contribution is 2.43. The SMILES string of the molecule is COc1ccc2c(c1)C(=O)N(C[C@@]1(/C(Cl)=C/c3ccc4ccccc4n3)NC(=O)NC1=O)C2.COc1ccc2c(c1)C(=O)N(C[C@@]1(c3cc4cc(Cl)cnc4o3)CC(=O)NC1=O)C2.COc1ccc2c(c1)C(=O)N(C[C@@]1(c3cc4cc(F)cnc4o3)CC(=O)NC1=O)C2.COc1ccc2c(c1)C(=O)N(C[C@@]1(c3cnccn3)NC(=O)NC1=O)C2. The lowest BCUT2D eigenvalue weighted by Crippen LogP contribution is -2.55. The number of methoxy groups -OCH3 is 4. The molecule has 33 nitrogen and oxygen atoms in total. The van der Waals surface area contributed by atoms with Gasteiger partial charge < -0.3 is 58.0 Å². The van der Waals surface area contributed by atoms with Crippen LogP contribution in [-0.4, -0.2) is 176 Å². The molecule has 14 heterocycles. The van der Waals surface area contributed by atoms with Crippen molar-refractivity contribution in [3.8, 4) is 23.0 Å². The van der Waals surface area contributed by atoms with Gasteiger partial charge in [0.15, 0.2) is 11.1 Å². The average molecular weight is 1650 g/mol. The molecule has 0 bridgehead atoms. The van der Waals surface area contributed by atoms with Gasteiger partial charge in [-0.2, -0.15) is 0 Å². The van der Waals surface area contributed by atoms with Crippen molar-refractivity contribution < 1.29 is 89.7 Å². The Kier molecular flexibility index (Phi) is 20.4. The van der Waals surface area contributed by atoms with E-state index in [9.17, 15) is 61.9 Å². The van der Waals surface area contributed by atoms with Crippen molar-refractivity contribution in [3.05, 3.63) is 248 Å². The summed E-state index contributed by atoms with van der Waals surface area (Å²) in [4.78, 5) is 178. The number of ether oxygens (including phenoxy) is 4. The number of hydrogen-bond acceptors (Lipinski definition) is 23. The van der Waals surface area contributed by atoms with Crippen molar-refractivity contribution in [2.45, 2.75) is 60.9 Å². The molecule has 0 unspecified atom stereocenters. The monoisotopic (exact) mass is 1650 g/mol. The fourth-order valence-corrected chi connectivity index (χ4v) is 16.1. The number of urea groups is 2. The molecule has 19 rings (SSSR count). The Labute approximate surface area is 682 Å². The normalized spacial score (nSPS) is 20.7. The molecule has 0 spiro atoms. The second-order valence-corrected chi connectivity index (χ2v) is 29.8. The standard InChI is InChI=1S/C24H19ClN4O4.C21H16ClN3O5.C21H16FN3O5.C17H15N5O4/c1-33-17-9-7-15-12-29(21(30)18(15)11-17)13-24(22(31)27-23(32)28-24)20(25)10-16-8-6-14-4-2-3-5-19(14)26-16;2*1-29-14-3-2-11-9-25(19(27)15(11)6-14)10-21(7-17(26)24-20(21)28)16-5-12-4-13(22)8-23-18(12)30-16;1-26-11-3-2-10-8-22(14(23)12(10)6-11)9-17(13-7-18-4-5-19-13)15(24)20-16(25)21-17/h2-11H,12-13H2,1H3,(H2,27,28,31,32);2*2-6,8H,7,9-10H2,1H3,(H,24,26,28);2-7H,8-9H2,1H3,(H2,20,21,24,25)/b20-10-;;;/t24-;2*21-;17-/m0110/s1. The van der Waals surface area contributed by atoms with Crippen molar-refractivity contribution in [1.29, 1.82) is 0 Å². The molecular weight excluding hydrogens is 1580 g/mol. The Morgan fingerprint density at radius 3 is 1.39 bits per heavy atom. The highest BCUT2D eigenvalue weighted by Gasteiger charge is 2.57.